The molecule has 26 heavy (non-hydrogen) atoms. The Morgan fingerprint density at radius 1 is 0.885 bits per heavy atom. The van der Waals surface area contributed by atoms with Gasteiger partial charge in [0.25, 0.3) is 0 Å². The quantitative estimate of drug-likeness (QED) is 0.443. The summed E-state index contributed by atoms with van der Waals surface area (Å²) >= 11 is 0. The van der Waals surface area contributed by atoms with Crippen molar-refractivity contribution >= 4 is 21.9 Å². The number of fused-ring (bicyclic) bond motifs is 4. The molecule has 0 atom stereocenters. The van der Waals surface area contributed by atoms with Gasteiger partial charge in [0, 0.05) is 11.9 Å². The van der Waals surface area contributed by atoms with E-state index in [2.05, 4.69) is 34.9 Å². The van der Waals surface area contributed by atoms with Crippen LogP contribution in [0, 0.1) is 12.7 Å². The van der Waals surface area contributed by atoms with Crippen LogP contribution in [0.2, 0.25) is 0 Å². The second kappa shape index (κ2) is 5.63. The molecule has 5 rings (SSSR count). The van der Waals surface area contributed by atoms with Crippen LogP contribution in [0.4, 0.5) is 4.39 Å². The van der Waals surface area contributed by atoms with Crippen LogP contribution in [0.15, 0.2) is 66.7 Å². The zero-order valence-corrected chi connectivity index (χ0v) is 14.3. The molecule has 0 aliphatic carbocycles. The van der Waals surface area contributed by atoms with E-state index in [0.29, 0.717) is 6.54 Å². The highest BCUT2D eigenvalue weighted by atomic mass is 19.1. The van der Waals surface area contributed by atoms with Crippen molar-refractivity contribution in [3.8, 4) is 11.5 Å². The summed E-state index contributed by atoms with van der Waals surface area (Å²) in [7, 11) is 0. The van der Waals surface area contributed by atoms with E-state index in [9.17, 15) is 4.39 Å². The van der Waals surface area contributed by atoms with Gasteiger partial charge in [-0.05, 0) is 48.4 Å². The molecule has 3 nitrogen and oxygen atoms in total. The molecule has 3 aromatic rings. The Kier molecular flexibility index (Phi) is 3.25. The smallest absolute Gasteiger partial charge is 0.160 e. The second-order valence-electron chi connectivity index (χ2n) is 6.62. The zero-order chi connectivity index (χ0) is 17.7. The molecule has 0 bridgehead atoms. The van der Waals surface area contributed by atoms with E-state index in [-0.39, 0.29) is 5.82 Å². The van der Waals surface area contributed by atoms with Crippen LogP contribution in [0.5, 0.6) is 0 Å². The molecule has 0 unspecified atom stereocenters. The maximum Gasteiger partial charge on any atom is 0.160 e. The molecule has 0 aromatic heterocycles. The molecule has 0 radical (unpaired) electrons. The summed E-state index contributed by atoms with van der Waals surface area (Å²) in [5.41, 5.74) is 5.76. The fourth-order valence-corrected chi connectivity index (χ4v) is 3.49. The highest BCUT2D eigenvalue weighted by Gasteiger charge is 2.20. The van der Waals surface area contributed by atoms with Crippen LogP contribution in [0.1, 0.15) is 11.1 Å². The summed E-state index contributed by atoms with van der Waals surface area (Å²) in [6.07, 6.45) is 0. The third kappa shape index (κ3) is 2.34. The van der Waals surface area contributed by atoms with Crippen LogP contribution in [-0.2, 0) is 6.54 Å². The first kappa shape index (κ1) is 15.0. The van der Waals surface area contributed by atoms with Gasteiger partial charge in [-0.3, -0.25) is 0 Å². The molecule has 2 aliphatic rings. The Morgan fingerprint density at radius 2 is 1.73 bits per heavy atom. The number of rotatable bonds is 2. The fourth-order valence-electron chi connectivity index (χ4n) is 3.49. The Hall–Kier alpha value is -3.27. The van der Waals surface area contributed by atoms with Crippen molar-refractivity contribution in [2.24, 2.45) is 0 Å². The largest absolute Gasteiger partial charge is 0.318 e. The monoisotopic (exact) mass is 341 g/mol. The van der Waals surface area contributed by atoms with Gasteiger partial charge in [-0.2, -0.15) is 0 Å². The minimum Gasteiger partial charge on any atom is -0.318 e. The Morgan fingerprint density at radius 3 is 2.58 bits per heavy atom. The molecule has 4 heteroatoms. The lowest BCUT2D eigenvalue weighted by Crippen LogP contribution is -2.08. The van der Waals surface area contributed by atoms with Crippen LogP contribution >= 0.6 is 0 Å². The number of benzene rings is 3. The van der Waals surface area contributed by atoms with Crippen molar-refractivity contribution in [3.05, 3.63) is 83.7 Å². The normalized spacial score (nSPS) is 11.6. The van der Waals surface area contributed by atoms with Gasteiger partial charge < -0.3 is 4.57 Å². The van der Waals surface area contributed by atoms with Crippen LogP contribution < -0.4 is 0 Å². The summed E-state index contributed by atoms with van der Waals surface area (Å²) in [6, 6.07) is 21.2. The minimum atomic E-state index is -0.271. The molecule has 0 amide bonds. The molecular formula is C22H16FN3. The summed E-state index contributed by atoms with van der Waals surface area (Å²) in [6.45, 7) is 2.74. The van der Waals surface area contributed by atoms with Crippen LogP contribution in [-0.4, -0.2) is 14.5 Å². The Bertz CT molecular complexity index is 1220. The van der Waals surface area contributed by atoms with E-state index < -0.39 is 0 Å². The molecular weight excluding hydrogens is 325 g/mol. The average Bonchev–Trinajstić information content (AvgIpc) is 3.00. The molecule has 3 aromatic carbocycles. The van der Waals surface area contributed by atoms with Crippen molar-refractivity contribution in [1.29, 1.82) is 0 Å². The van der Waals surface area contributed by atoms with E-state index in [1.807, 2.05) is 25.1 Å². The van der Waals surface area contributed by atoms with E-state index in [1.54, 1.807) is 6.07 Å². The average molecular weight is 341 g/mol. The van der Waals surface area contributed by atoms with Crippen LogP contribution in [0.25, 0.3) is 33.5 Å². The maximum atomic E-state index is 13.8. The molecule has 126 valence electrons. The third-order valence-corrected chi connectivity index (χ3v) is 4.75. The first-order valence-electron chi connectivity index (χ1n) is 8.59. The lowest BCUT2D eigenvalue weighted by Gasteiger charge is -2.16. The summed E-state index contributed by atoms with van der Waals surface area (Å²) in [4.78, 5) is 9.58. The molecule has 2 heterocycles. The van der Waals surface area contributed by atoms with Crippen molar-refractivity contribution in [3.63, 3.8) is 0 Å². The van der Waals surface area contributed by atoms with Crippen molar-refractivity contribution in [1.82, 2.24) is 14.5 Å². The number of hydrogen-bond donors (Lipinski definition) is 0. The van der Waals surface area contributed by atoms with Crippen molar-refractivity contribution in [2.45, 2.75) is 13.5 Å². The minimum absolute atomic E-state index is 0.271. The first-order chi connectivity index (χ1) is 12.7. The van der Waals surface area contributed by atoms with E-state index in [1.165, 1.54) is 17.7 Å². The predicted molar refractivity (Wildman–Crippen MR) is 102 cm³/mol. The highest BCUT2D eigenvalue weighted by Crippen LogP contribution is 2.33. The SMILES string of the molecule is Cc1ccc2c(c1)nc1c3cc(F)ccc3nc-1n2Cc1ccccc1. The van der Waals surface area contributed by atoms with Crippen LogP contribution in [0.3, 0.4) is 0 Å². The number of halogens is 1. The summed E-state index contributed by atoms with van der Waals surface area (Å²) < 4.78 is 16.0. The van der Waals surface area contributed by atoms with Gasteiger partial charge in [0.2, 0.25) is 0 Å². The van der Waals surface area contributed by atoms with Gasteiger partial charge >= 0.3 is 0 Å². The number of hydrogen-bond acceptors (Lipinski definition) is 2. The first-order valence-corrected chi connectivity index (χ1v) is 8.59. The molecule has 0 fully saturated rings. The highest BCUT2D eigenvalue weighted by molar-refractivity contribution is 5.97. The fraction of sp³-hybridized carbons (Fsp3) is 0.0909. The van der Waals surface area contributed by atoms with Gasteiger partial charge in [0.1, 0.15) is 11.5 Å². The lowest BCUT2D eigenvalue weighted by molar-refractivity contribution is 0.629. The van der Waals surface area contributed by atoms with Gasteiger partial charge in [0.15, 0.2) is 5.82 Å². The Labute approximate surface area is 150 Å². The van der Waals surface area contributed by atoms with E-state index in [4.69, 9.17) is 9.97 Å². The number of aromatic nitrogens is 3. The van der Waals surface area contributed by atoms with Gasteiger partial charge in [0.05, 0.1) is 16.6 Å². The third-order valence-electron chi connectivity index (χ3n) is 4.75. The van der Waals surface area contributed by atoms with E-state index in [0.717, 1.165) is 39.0 Å². The Balaban J connectivity index is 1.86. The second-order valence-corrected chi connectivity index (χ2v) is 6.62. The maximum absolute atomic E-state index is 13.8. The molecule has 0 saturated heterocycles. The van der Waals surface area contributed by atoms with Gasteiger partial charge in [-0.15, -0.1) is 0 Å². The topological polar surface area (TPSA) is 30.7 Å². The predicted octanol–water partition coefficient (Wildman–Crippen LogP) is 5.19. The van der Waals surface area contributed by atoms with Crippen molar-refractivity contribution in [2.75, 3.05) is 0 Å². The van der Waals surface area contributed by atoms with Crippen molar-refractivity contribution < 1.29 is 4.39 Å². The lowest BCUT2D eigenvalue weighted by atomic mass is 10.1. The van der Waals surface area contributed by atoms with E-state index >= 15 is 0 Å². The molecule has 0 saturated carbocycles. The van der Waals surface area contributed by atoms with Gasteiger partial charge in [-0.1, -0.05) is 36.4 Å². The molecule has 0 N–H and O–H groups in total. The molecule has 0 spiro atoms. The summed E-state index contributed by atoms with van der Waals surface area (Å²) in [5.74, 6) is 0.512. The standard InChI is InChI=1S/C22H16FN3/c1-14-7-10-20-19(11-14)24-21-17-12-16(23)8-9-18(17)25-22(21)26(20)13-15-5-3-2-4-6-15/h2-12H,13H2,1H3. The summed E-state index contributed by atoms with van der Waals surface area (Å²) in [5, 5.41) is 0.755. The number of nitrogens with zero attached hydrogens (tertiary/aromatic N) is 3. The van der Waals surface area contributed by atoms with Gasteiger partial charge in [-0.25, -0.2) is 14.4 Å². The number of aryl methyl sites for hydroxylation is 1. The zero-order valence-electron chi connectivity index (χ0n) is 14.3. The molecule has 2 aliphatic heterocycles.